The number of esters is 2. The average molecular weight is 439 g/mol. The third-order valence-corrected chi connectivity index (χ3v) is 6.27. The highest BCUT2D eigenvalue weighted by Gasteiger charge is 2.36. The highest BCUT2D eigenvalue weighted by Crippen LogP contribution is 2.46. The van der Waals surface area contributed by atoms with Gasteiger partial charge in [0.2, 0.25) is 0 Å². The summed E-state index contributed by atoms with van der Waals surface area (Å²) < 4.78 is 17.6. The summed E-state index contributed by atoms with van der Waals surface area (Å²) in [6, 6.07) is 8.93. The molecule has 0 unspecified atom stereocenters. The average Bonchev–Trinajstić information content (AvgIpc) is 3.06. The quantitative estimate of drug-likeness (QED) is 0.556. The van der Waals surface area contributed by atoms with Crippen LogP contribution in [0.15, 0.2) is 30.3 Å². The standard InChI is InChI=1S/C26H30O6/c1-15-20(11-10-19-12-18(27)13-22(28)30-19)24-21(14-26(3,4)32-24)16(2)23(15)31-25(29)17-8-6-5-7-9-17/h5-9,18-19,27H,10-14H2,1-4H3/t18-,19-/m0/s1. The van der Waals surface area contributed by atoms with E-state index in [1.54, 1.807) is 24.3 Å². The van der Waals surface area contributed by atoms with Crippen molar-refractivity contribution in [1.29, 1.82) is 0 Å². The second-order valence-electron chi connectivity index (χ2n) is 9.40. The molecule has 1 fully saturated rings. The first-order valence-corrected chi connectivity index (χ1v) is 11.1. The van der Waals surface area contributed by atoms with Crippen LogP contribution in [0.5, 0.6) is 11.5 Å². The first kappa shape index (κ1) is 22.3. The minimum atomic E-state index is -0.663. The zero-order chi connectivity index (χ0) is 23.0. The van der Waals surface area contributed by atoms with Gasteiger partial charge in [-0.2, -0.15) is 0 Å². The van der Waals surface area contributed by atoms with Gasteiger partial charge in [-0.25, -0.2) is 4.79 Å². The number of benzene rings is 2. The van der Waals surface area contributed by atoms with Gasteiger partial charge in [0.25, 0.3) is 0 Å². The monoisotopic (exact) mass is 438 g/mol. The maximum atomic E-state index is 12.8. The summed E-state index contributed by atoms with van der Waals surface area (Å²) in [5, 5.41) is 9.93. The second kappa shape index (κ2) is 8.58. The van der Waals surface area contributed by atoms with Gasteiger partial charge in [-0.1, -0.05) is 18.2 Å². The molecule has 32 heavy (non-hydrogen) atoms. The Labute approximate surface area is 188 Å². The molecule has 2 aliphatic heterocycles. The number of cyclic esters (lactones) is 1. The molecule has 4 rings (SSSR count). The first-order valence-electron chi connectivity index (χ1n) is 11.1. The Balaban J connectivity index is 1.66. The molecule has 0 spiro atoms. The third-order valence-electron chi connectivity index (χ3n) is 6.27. The number of aliphatic hydroxyl groups excluding tert-OH is 1. The molecule has 2 aromatic rings. The summed E-state index contributed by atoms with van der Waals surface area (Å²) in [4.78, 5) is 24.5. The van der Waals surface area contributed by atoms with Crippen molar-refractivity contribution in [3.63, 3.8) is 0 Å². The molecule has 0 amide bonds. The van der Waals surface area contributed by atoms with E-state index in [2.05, 4.69) is 0 Å². The topological polar surface area (TPSA) is 82.1 Å². The van der Waals surface area contributed by atoms with E-state index in [-0.39, 0.29) is 24.1 Å². The number of aliphatic hydroxyl groups is 1. The molecular weight excluding hydrogens is 408 g/mol. The lowest BCUT2D eigenvalue weighted by Gasteiger charge is -2.27. The molecule has 1 N–H and O–H groups in total. The number of fused-ring (bicyclic) bond motifs is 1. The predicted octanol–water partition coefficient (Wildman–Crippen LogP) is 4.24. The summed E-state index contributed by atoms with van der Waals surface area (Å²) in [6.07, 6.45) is 1.35. The number of ether oxygens (including phenoxy) is 3. The molecule has 2 aliphatic rings. The largest absolute Gasteiger partial charge is 0.487 e. The minimum absolute atomic E-state index is 0.0480. The lowest BCUT2D eigenvalue weighted by atomic mass is 9.90. The van der Waals surface area contributed by atoms with Gasteiger partial charge in [0.1, 0.15) is 23.2 Å². The van der Waals surface area contributed by atoms with Crippen LogP contribution in [0.2, 0.25) is 0 Å². The summed E-state index contributed by atoms with van der Waals surface area (Å²) in [5.41, 5.74) is 3.91. The molecule has 6 nitrogen and oxygen atoms in total. The SMILES string of the molecule is Cc1c(CC[C@H]2C[C@H](O)CC(=O)O2)c2c(c(C)c1OC(=O)c1ccccc1)CC(C)(C)O2. The number of hydrogen-bond acceptors (Lipinski definition) is 6. The van der Waals surface area contributed by atoms with E-state index in [4.69, 9.17) is 14.2 Å². The molecular formula is C26H30O6. The Bertz CT molecular complexity index is 1040. The first-order chi connectivity index (χ1) is 15.1. The Morgan fingerprint density at radius 3 is 2.59 bits per heavy atom. The van der Waals surface area contributed by atoms with Gasteiger partial charge in [-0.15, -0.1) is 0 Å². The van der Waals surface area contributed by atoms with Gasteiger partial charge in [-0.05, 0) is 63.8 Å². The molecule has 6 heteroatoms. The Morgan fingerprint density at radius 1 is 1.19 bits per heavy atom. The highest BCUT2D eigenvalue weighted by atomic mass is 16.5. The maximum Gasteiger partial charge on any atom is 0.343 e. The van der Waals surface area contributed by atoms with Gasteiger partial charge in [-0.3, -0.25) is 4.79 Å². The van der Waals surface area contributed by atoms with E-state index in [0.717, 1.165) is 28.0 Å². The summed E-state index contributed by atoms with van der Waals surface area (Å²) in [5.74, 6) is 0.640. The third kappa shape index (κ3) is 4.51. The fourth-order valence-electron chi connectivity index (χ4n) is 4.68. The van der Waals surface area contributed by atoms with Crippen LogP contribution in [0.3, 0.4) is 0 Å². The van der Waals surface area contributed by atoms with Crippen molar-refractivity contribution in [3.05, 3.63) is 58.1 Å². The van der Waals surface area contributed by atoms with Crippen LogP contribution < -0.4 is 9.47 Å². The van der Waals surface area contributed by atoms with Gasteiger partial charge in [0.05, 0.1) is 18.1 Å². The molecule has 0 saturated carbocycles. The molecule has 2 atom stereocenters. The normalized spacial score (nSPS) is 21.5. The van der Waals surface area contributed by atoms with Crippen molar-refractivity contribution >= 4 is 11.9 Å². The predicted molar refractivity (Wildman–Crippen MR) is 119 cm³/mol. The van der Waals surface area contributed by atoms with E-state index in [1.807, 2.05) is 33.8 Å². The van der Waals surface area contributed by atoms with Crippen LogP contribution in [0, 0.1) is 13.8 Å². The number of hydrogen-bond donors (Lipinski definition) is 1. The fraction of sp³-hybridized carbons (Fsp3) is 0.462. The number of rotatable bonds is 5. The molecule has 2 aromatic carbocycles. The molecule has 170 valence electrons. The van der Waals surface area contributed by atoms with Crippen LogP contribution in [0.25, 0.3) is 0 Å². The molecule has 0 bridgehead atoms. The number of carbonyl (C=O) groups is 2. The minimum Gasteiger partial charge on any atom is -0.487 e. The van der Waals surface area contributed by atoms with Crippen LogP contribution in [-0.2, 0) is 22.4 Å². The van der Waals surface area contributed by atoms with Gasteiger partial charge in [0.15, 0.2) is 0 Å². The van der Waals surface area contributed by atoms with Crippen molar-refractivity contribution in [2.75, 3.05) is 0 Å². The second-order valence-corrected chi connectivity index (χ2v) is 9.40. The Morgan fingerprint density at radius 2 is 1.91 bits per heavy atom. The molecule has 0 aromatic heterocycles. The van der Waals surface area contributed by atoms with E-state index >= 15 is 0 Å². The van der Waals surface area contributed by atoms with Gasteiger partial charge < -0.3 is 19.3 Å². The van der Waals surface area contributed by atoms with Crippen LogP contribution >= 0.6 is 0 Å². The molecule has 0 aliphatic carbocycles. The molecule has 2 heterocycles. The van der Waals surface area contributed by atoms with Crippen LogP contribution in [0.1, 0.15) is 65.7 Å². The van der Waals surface area contributed by atoms with Crippen molar-refractivity contribution in [2.24, 2.45) is 0 Å². The molecule has 1 saturated heterocycles. The zero-order valence-electron chi connectivity index (χ0n) is 19.1. The lowest BCUT2D eigenvalue weighted by Crippen LogP contribution is -2.32. The van der Waals surface area contributed by atoms with Crippen molar-refractivity contribution < 1.29 is 28.9 Å². The van der Waals surface area contributed by atoms with Crippen LogP contribution in [-0.4, -0.2) is 34.9 Å². The summed E-state index contributed by atoms with van der Waals surface area (Å²) in [7, 11) is 0. The van der Waals surface area contributed by atoms with Crippen molar-refractivity contribution in [3.8, 4) is 11.5 Å². The van der Waals surface area contributed by atoms with Crippen LogP contribution in [0.4, 0.5) is 0 Å². The number of carbonyl (C=O) groups excluding carboxylic acids is 2. The Hall–Kier alpha value is -2.86. The smallest absolute Gasteiger partial charge is 0.343 e. The van der Waals surface area contributed by atoms with Crippen molar-refractivity contribution in [2.45, 2.75) is 77.6 Å². The summed E-state index contributed by atoms with van der Waals surface area (Å²) in [6.45, 7) is 7.99. The highest BCUT2D eigenvalue weighted by molar-refractivity contribution is 5.91. The van der Waals surface area contributed by atoms with E-state index in [0.29, 0.717) is 37.0 Å². The van der Waals surface area contributed by atoms with Crippen molar-refractivity contribution in [1.82, 2.24) is 0 Å². The molecule has 0 radical (unpaired) electrons. The zero-order valence-corrected chi connectivity index (χ0v) is 19.1. The van der Waals surface area contributed by atoms with Gasteiger partial charge in [0, 0.05) is 24.0 Å². The maximum absolute atomic E-state index is 12.8. The fourth-order valence-corrected chi connectivity index (χ4v) is 4.68. The van der Waals surface area contributed by atoms with E-state index < -0.39 is 12.1 Å². The summed E-state index contributed by atoms with van der Waals surface area (Å²) >= 11 is 0. The van der Waals surface area contributed by atoms with E-state index in [1.165, 1.54) is 0 Å². The van der Waals surface area contributed by atoms with Gasteiger partial charge >= 0.3 is 11.9 Å². The van der Waals surface area contributed by atoms with E-state index in [9.17, 15) is 14.7 Å². The Kier molecular flexibility index (Phi) is 5.99. The lowest BCUT2D eigenvalue weighted by molar-refractivity contribution is -0.160.